The van der Waals surface area contributed by atoms with Crippen molar-refractivity contribution in [1.29, 1.82) is 0 Å². The highest BCUT2D eigenvalue weighted by Crippen LogP contribution is 2.33. The number of rotatable bonds is 9. The summed E-state index contributed by atoms with van der Waals surface area (Å²) in [5.41, 5.74) is -0.539. The minimum atomic E-state index is -4.29. The van der Waals surface area contributed by atoms with Crippen LogP contribution in [0.2, 0.25) is 0 Å². The van der Waals surface area contributed by atoms with Gasteiger partial charge in [0.15, 0.2) is 0 Å². The Bertz CT molecular complexity index is 787. The van der Waals surface area contributed by atoms with E-state index >= 15 is 0 Å². The number of nitrogens with zero attached hydrogens (tertiary/aromatic N) is 1. The van der Waals surface area contributed by atoms with Crippen LogP contribution in [0.15, 0.2) is 47.7 Å². The van der Waals surface area contributed by atoms with Crippen molar-refractivity contribution < 1.29 is 32.5 Å². The van der Waals surface area contributed by atoms with Gasteiger partial charge in [0.1, 0.15) is 23.9 Å². The van der Waals surface area contributed by atoms with Crippen molar-refractivity contribution in [3.63, 3.8) is 0 Å². The van der Waals surface area contributed by atoms with Gasteiger partial charge >= 0.3 is 12.1 Å². The van der Waals surface area contributed by atoms with E-state index in [-0.39, 0.29) is 25.3 Å². The summed E-state index contributed by atoms with van der Waals surface area (Å²) in [6.07, 6.45) is 1.19. The molecular formula is C22H26F3NO4. The number of carboxylic acids is 1. The molecule has 0 bridgehead atoms. The molecule has 1 aromatic rings. The van der Waals surface area contributed by atoms with E-state index in [1.807, 2.05) is 0 Å². The summed E-state index contributed by atoms with van der Waals surface area (Å²) in [7, 11) is 0. The zero-order valence-corrected chi connectivity index (χ0v) is 16.7. The molecule has 164 valence electrons. The lowest BCUT2D eigenvalue weighted by Gasteiger charge is -2.24. The predicted octanol–water partition coefficient (Wildman–Crippen LogP) is 4.94. The summed E-state index contributed by atoms with van der Waals surface area (Å²) in [5, 5.41) is 8.77. The van der Waals surface area contributed by atoms with E-state index in [0.29, 0.717) is 30.3 Å². The fourth-order valence-electron chi connectivity index (χ4n) is 3.70. The molecule has 2 aliphatic rings. The molecule has 0 radical (unpaired) electrons. The van der Waals surface area contributed by atoms with Crippen LogP contribution in [-0.2, 0) is 4.79 Å². The van der Waals surface area contributed by atoms with Gasteiger partial charge in [-0.3, -0.25) is 9.69 Å². The molecule has 0 aromatic heterocycles. The molecule has 1 fully saturated rings. The van der Waals surface area contributed by atoms with Gasteiger partial charge in [-0.15, -0.1) is 0 Å². The maximum Gasteiger partial charge on any atom is 0.412 e. The van der Waals surface area contributed by atoms with Crippen LogP contribution in [0.25, 0.3) is 0 Å². The van der Waals surface area contributed by atoms with E-state index in [1.165, 1.54) is 6.08 Å². The van der Waals surface area contributed by atoms with Crippen LogP contribution in [0.4, 0.5) is 13.2 Å². The molecule has 5 nitrogen and oxygen atoms in total. The van der Waals surface area contributed by atoms with Gasteiger partial charge in [0, 0.05) is 24.5 Å². The summed E-state index contributed by atoms with van der Waals surface area (Å²) < 4.78 is 49.5. The number of carbonyl (C=O) groups is 1. The number of allylic oxidation sites excluding steroid dienone is 4. The first-order valence-electron chi connectivity index (χ1n) is 10.1. The number of benzene rings is 1. The lowest BCUT2D eigenvalue weighted by molar-refractivity contribution is -0.137. The van der Waals surface area contributed by atoms with Crippen LogP contribution < -0.4 is 9.47 Å². The number of carboxylic acid groups (broad SMARTS) is 1. The number of aliphatic carboxylic acids is 1. The van der Waals surface area contributed by atoms with E-state index < -0.39 is 17.7 Å². The molecule has 1 atom stereocenters. The summed E-state index contributed by atoms with van der Waals surface area (Å²) in [6, 6.07) is 7.30. The maximum absolute atomic E-state index is 12.7. The zero-order chi connectivity index (χ0) is 21.6. The molecule has 3 rings (SSSR count). The molecule has 0 spiro atoms. The fraction of sp³-hybridized carbons (Fsp3) is 0.500. The lowest BCUT2D eigenvalue weighted by atomic mass is 10.0. The Kier molecular flexibility index (Phi) is 7.42. The molecular weight excluding hydrogens is 399 g/mol. The second-order valence-electron chi connectivity index (χ2n) is 7.54. The van der Waals surface area contributed by atoms with Crippen molar-refractivity contribution >= 4 is 5.97 Å². The number of likely N-dealkylation sites (tertiary alicyclic amines) is 1. The van der Waals surface area contributed by atoms with Gasteiger partial charge in [-0.05, 0) is 69.1 Å². The van der Waals surface area contributed by atoms with Crippen molar-refractivity contribution in [3.8, 4) is 11.5 Å². The fourth-order valence-corrected chi connectivity index (χ4v) is 3.70. The second-order valence-corrected chi connectivity index (χ2v) is 7.54. The highest BCUT2D eigenvalue weighted by Gasteiger charge is 2.34. The van der Waals surface area contributed by atoms with Crippen molar-refractivity contribution in [1.82, 2.24) is 4.90 Å². The Balaban J connectivity index is 1.46. The minimum absolute atomic E-state index is 0.0825. The van der Waals surface area contributed by atoms with Crippen LogP contribution in [0, 0.1) is 0 Å². The quantitative estimate of drug-likeness (QED) is 0.607. The molecule has 1 saturated heterocycles. The first kappa shape index (κ1) is 22.2. The van der Waals surface area contributed by atoms with Crippen LogP contribution >= 0.6 is 0 Å². The van der Waals surface area contributed by atoms with E-state index in [1.54, 1.807) is 24.3 Å². The van der Waals surface area contributed by atoms with Gasteiger partial charge in [-0.1, -0.05) is 6.08 Å². The number of alkyl halides is 3. The SMILES string of the molecule is O=C(O)CCCN1CCC[C@@H]1COc1ccc(OC2=CC=C(C(F)(F)F)CC2)cc1. The average Bonchev–Trinajstić information content (AvgIpc) is 3.14. The predicted molar refractivity (Wildman–Crippen MR) is 105 cm³/mol. The number of halogens is 3. The Morgan fingerprint density at radius 1 is 1.13 bits per heavy atom. The summed E-state index contributed by atoms with van der Waals surface area (Å²) in [6.45, 7) is 2.25. The van der Waals surface area contributed by atoms with Gasteiger partial charge < -0.3 is 14.6 Å². The normalized spacial score (nSPS) is 19.9. The van der Waals surface area contributed by atoms with E-state index in [9.17, 15) is 18.0 Å². The summed E-state index contributed by atoms with van der Waals surface area (Å²) in [5.74, 6) is 0.968. The van der Waals surface area contributed by atoms with Crippen molar-refractivity contribution in [2.75, 3.05) is 19.7 Å². The van der Waals surface area contributed by atoms with Crippen LogP contribution in [0.1, 0.15) is 38.5 Å². The molecule has 30 heavy (non-hydrogen) atoms. The number of ether oxygens (including phenoxy) is 2. The van der Waals surface area contributed by atoms with Gasteiger partial charge in [0.2, 0.25) is 0 Å². The smallest absolute Gasteiger partial charge is 0.412 e. The molecule has 0 unspecified atom stereocenters. The van der Waals surface area contributed by atoms with Gasteiger partial charge in [0.25, 0.3) is 0 Å². The second kappa shape index (κ2) is 10.0. The Morgan fingerprint density at radius 2 is 1.87 bits per heavy atom. The summed E-state index contributed by atoms with van der Waals surface area (Å²) in [4.78, 5) is 12.9. The molecule has 1 heterocycles. The number of hydrogen-bond acceptors (Lipinski definition) is 4. The standard InChI is InChI=1S/C22H26F3NO4/c23-22(24,25)16-5-7-19(8-6-16)30-20-11-9-18(10-12-20)29-15-17-3-1-13-26(17)14-2-4-21(27)28/h5,7,9-12,17H,1-4,6,8,13-15H2,(H,27,28)/t17-/m1/s1. The monoisotopic (exact) mass is 425 g/mol. The molecule has 0 amide bonds. The molecule has 8 heteroatoms. The minimum Gasteiger partial charge on any atom is -0.492 e. The van der Waals surface area contributed by atoms with Crippen molar-refractivity contribution in [3.05, 3.63) is 47.7 Å². The summed E-state index contributed by atoms with van der Waals surface area (Å²) >= 11 is 0. The highest BCUT2D eigenvalue weighted by molar-refractivity contribution is 5.66. The topological polar surface area (TPSA) is 59.0 Å². The van der Waals surface area contributed by atoms with Crippen molar-refractivity contribution in [2.45, 2.75) is 50.7 Å². The third-order valence-electron chi connectivity index (χ3n) is 5.33. The van der Waals surface area contributed by atoms with E-state index in [2.05, 4.69) is 4.90 Å². The van der Waals surface area contributed by atoms with Crippen LogP contribution in [-0.4, -0.2) is 47.9 Å². The molecule has 1 aliphatic carbocycles. The first-order valence-corrected chi connectivity index (χ1v) is 10.1. The molecule has 0 saturated carbocycles. The average molecular weight is 425 g/mol. The molecule has 1 aliphatic heterocycles. The third-order valence-corrected chi connectivity index (χ3v) is 5.33. The Labute approximate surface area is 173 Å². The first-order chi connectivity index (χ1) is 14.3. The maximum atomic E-state index is 12.7. The largest absolute Gasteiger partial charge is 0.492 e. The molecule has 1 N–H and O–H groups in total. The zero-order valence-electron chi connectivity index (χ0n) is 16.7. The van der Waals surface area contributed by atoms with Gasteiger partial charge in [-0.25, -0.2) is 0 Å². The van der Waals surface area contributed by atoms with E-state index in [4.69, 9.17) is 14.6 Å². The third kappa shape index (κ3) is 6.52. The van der Waals surface area contributed by atoms with E-state index in [0.717, 1.165) is 32.0 Å². The van der Waals surface area contributed by atoms with Crippen molar-refractivity contribution in [2.24, 2.45) is 0 Å². The Hall–Kier alpha value is -2.48. The van der Waals surface area contributed by atoms with Crippen LogP contribution in [0.3, 0.4) is 0 Å². The van der Waals surface area contributed by atoms with Gasteiger partial charge in [-0.2, -0.15) is 13.2 Å². The number of hydrogen-bond donors (Lipinski definition) is 1. The van der Waals surface area contributed by atoms with Gasteiger partial charge in [0.05, 0.1) is 0 Å². The Morgan fingerprint density at radius 3 is 2.50 bits per heavy atom. The lowest BCUT2D eigenvalue weighted by Crippen LogP contribution is -2.35. The van der Waals surface area contributed by atoms with Crippen LogP contribution in [0.5, 0.6) is 11.5 Å². The molecule has 1 aromatic carbocycles. The highest BCUT2D eigenvalue weighted by atomic mass is 19.4.